The molecule has 2 rings (SSSR count). The molecule has 0 radical (unpaired) electrons. The van der Waals surface area contributed by atoms with Gasteiger partial charge in [-0.25, -0.2) is 4.79 Å². The summed E-state index contributed by atoms with van der Waals surface area (Å²) in [5, 5.41) is 2.70. The van der Waals surface area contributed by atoms with Crippen LogP contribution in [0.5, 0.6) is 0 Å². The van der Waals surface area contributed by atoms with Gasteiger partial charge in [0.2, 0.25) is 0 Å². The van der Waals surface area contributed by atoms with Gasteiger partial charge in [0.25, 0.3) is 0 Å². The lowest BCUT2D eigenvalue weighted by Gasteiger charge is -2.08. The van der Waals surface area contributed by atoms with Crippen LogP contribution in [0.15, 0.2) is 0 Å². The van der Waals surface area contributed by atoms with Gasteiger partial charge in [0.05, 0.1) is 46.2 Å². The first-order chi connectivity index (χ1) is 14.2. The van der Waals surface area contributed by atoms with Crippen molar-refractivity contribution in [3.8, 4) is 11.8 Å². The number of carbonyl (C=O) groups is 2. The van der Waals surface area contributed by atoms with Crippen LogP contribution in [-0.4, -0.2) is 71.5 Å². The van der Waals surface area contributed by atoms with Crippen LogP contribution in [0.1, 0.15) is 32.6 Å². The molecule has 1 unspecified atom stereocenters. The Morgan fingerprint density at radius 1 is 0.828 bits per heavy atom. The normalized spacial score (nSPS) is 22.3. The second-order valence-corrected chi connectivity index (χ2v) is 7.12. The molecule has 0 heterocycles. The van der Waals surface area contributed by atoms with E-state index in [4.69, 9.17) is 23.7 Å². The van der Waals surface area contributed by atoms with E-state index in [9.17, 15) is 9.59 Å². The average molecular weight is 411 g/mol. The van der Waals surface area contributed by atoms with Crippen LogP contribution in [0.4, 0.5) is 4.79 Å². The standard InChI is InChI=1S/C21H33NO7/c1-17(23)28-15-14-27-13-12-26-11-10-25-9-8-22-21(24)29-16-20-18-6-4-2-3-5-7-19(18)20/h18-20H,4-16H2,1H3,(H,22,24)/t18-,19+,20?. The third-order valence-corrected chi connectivity index (χ3v) is 5.04. The van der Waals surface area contributed by atoms with Gasteiger partial charge in [-0.2, -0.15) is 0 Å². The number of esters is 1. The van der Waals surface area contributed by atoms with Crippen LogP contribution < -0.4 is 5.32 Å². The molecule has 1 saturated carbocycles. The third-order valence-electron chi connectivity index (χ3n) is 5.04. The van der Waals surface area contributed by atoms with Crippen molar-refractivity contribution in [2.24, 2.45) is 17.8 Å². The van der Waals surface area contributed by atoms with Gasteiger partial charge in [-0.3, -0.25) is 4.79 Å². The topological polar surface area (TPSA) is 92.3 Å². The lowest BCUT2D eigenvalue weighted by molar-refractivity contribution is -0.142. The van der Waals surface area contributed by atoms with Gasteiger partial charge in [-0.05, 0) is 30.6 Å². The minimum atomic E-state index is -0.383. The summed E-state index contributed by atoms with van der Waals surface area (Å²) in [5.41, 5.74) is 0. The molecule has 8 heteroatoms. The molecule has 1 fully saturated rings. The fourth-order valence-corrected chi connectivity index (χ4v) is 3.52. The number of carbonyl (C=O) groups excluding carboxylic acids is 2. The Balaban J connectivity index is 1.32. The summed E-state index contributed by atoms with van der Waals surface area (Å²) in [6.07, 6.45) is 3.81. The van der Waals surface area contributed by atoms with Crippen molar-refractivity contribution in [3.05, 3.63) is 0 Å². The molecular weight excluding hydrogens is 378 g/mol. The molecule has 8 nitrogen and oxygen atoms in total. The lowest BCUT2D eigenvalue weighted by atomic mass is 10.1. The van der Waals surface area contributed by atoms with Gasteiger partial charge in [0.1, 0.15) is 6.61 Å². The molecule has 0 aliphatic heterocycles. The number of rotatable bonds is 14. The Morgan fingerprint density at radius 3 is 1.97 bits per heavy atom. The Hall–Kier alpha value is -1.82. The molecule has 0 saturated heterocycles. The van der Waals surface area contributed by atoms with Gasteiger partial charge >= 0.3 is 12.1 Å². The highest BCUT2D eigenvalue weighted by atomic mass is 16.6. The van der Waals surface area contributed by atoms with Crippen molar-refractivity contribution in [1.82, 2.24) is 5.32 Å². The molecule has 1 amide bonds. The van der Waals surface area contributed by atoms with Gasteiger partial charge in [-0.1, -0.05) is 0 Å². The van der Waals surface area contributed by atoms with Gasteiger partial charge in [0.15, 0.2) is 0 Å². The molecule has 164 valence electrons. The quantitative estimate of drug-likeness (QED) is 0.265. The number of amides is 1. The second kappa shape index (κ2) is 14.2. The van der Waals surface area contributed by atoms with Crippen LogP contribution in [-0.2, 0) is 28.5 Å². The van der Waals surface area contributed by atoms with Crippen molar-refractivity contribution in [1.29, 1.82) is 0 Å². The monoisotopic (exact) mass is 411 g/mol. The summed E-state index contributed by atoms with van der Waals surface area (Å²) in [6.45, 7) is 5.06. The van der Waals surface area contributed by atoms with E-state index in [0.29, 0.717) is 70.5 Å². The minimum absolute atomic E-state index is 0.255. The molecular formula is C21H33NO7. The van der Waals surface area contributed by atoms with Crippen LogP contribution >= 0.6 is 0 Å². The SMILES string of the molecule is CC(=O)OCCOCCOCCOCCNC(=O)OCC1[C@H]2CCC#CCC[C@@H]12. The molecule has 0 aromatic heterocycles. The molecule has 3 atom stereocenters. The molecule has 29 heavy (non-hydrogen) atoms. The summed E-state index contributed by atoms with van der Waals surface area (Å²) in [7, 11) is 0. The molecule has 0 bridgehead atoms. The smallest absolute Gasteiger partial charge is 0.407 e. The van der Waals surface area contributed by atoms with E-state index in [1.165, 1.54) is 6.92 Å². The van der Waals surface area contributed by atoms with Gasteiger partial charge in [0, 0.05) is 26.3 Å². The number of alkyl carbamates (subject to hydrolysis) is 1. The molecule has 2 aliphatic carbocycles. The summed E-state index contributed by atoms with van der Waals surface area (Å²) >= 11 is 0. The maximum Gasteiger partial charge on any atom is 0.407 e. The van der Waals surface area contributed by atoms with Gasteiger partial charge < -0.3 is 29.0 Å². The first kappa shape index (κ1) is 23.5. The van der Waals surface area contributed by atoms with E-state index in [0.717, 1.165) is 25.7 Å². The highest BCUT2D eigenvalue weighted by molar-refractivity contribution is 5.67. The van der Waals surface area contributed by atoms with Crippen molar-refractivity contribution < 1.29 is 33.3 Å². The van der Waals surface area contributed by atoms with E-state index in [2.05, 4.69) is 17.2 Å². The fraction of sp³-hybridized carbons (Fsp3) is 0.810. The fourth-order valence-electron chi connectivity index (χ4n) is 3.52. The van der Waals surface area contributed by atoms with Crippen LogP contribution in [0.25, 0.3) is 0 Å². The lowest BCUT2D eigenvalue weighted by Crippen LogP contribution is -2.29. The largest absolute Gasteiger partial charge is 0.463 e. The molecule has 1 N–H and O–H groups in total. The van der Waals surface area contributed by atoms with E-state index in [1.54, 1.807) is 0 Å². The van der Waals surface area contributed by atoms with Crippen molar-refractivity contribution >= 4 is 12.1 Å². The zero-order chi connectivity index (χ0) is 20.7. The average Bonchev–Trinajstić information content (AvgIpc) is 3.32. The zero-order valence-electron chi connectivity index (χ0n) is 17.3. The third kappa shape index (κ3) is 10.5. The summed E-state index contributed by atoms with van der Waals surface area (Å²) < 4.78 is 26.0. The van der Waals surface area contributed by atoms with Crippen molar-refractivity contribution in [3.63, 3.8) is 0 Å². The van der Waals surface area contributed by atoms with Crippen molar-refractivity contribution in [2.75, 3.05) is 59.4 Å². The van der Waals surface area contributed by atoms with E-state index in [-0.39, 0.29) is 18.7 Å². The van der Waals surface area contributed by atoms with E-state index >= 15 is 0 Å². The number of nitrogens with one attached hydrogen (secondary N) is 1. The van der Waals surface area contributed by atoms with Crippen LogP contribution in [0.3, 0.4) is 0 Å². The Morgan fingerprint density at radius 2 is 1.38 bits per heavy atom. The predicted molar refractivity (Wildman–Crippen MR) is 105 cm³/mol. The van der Waals surface area contributed by atoms with E-state index in [1.807, 2.05) is 0 Å². The van der Waals surface area contributed by atoms with E-state index < -0.39 is 0 Å². The highest BCUT2D eigenvalue weighted by Crippen LogP contribution is 2.52. The predicted octanol–water partition coefficient (Wildman–Crippen LogP) is 1.77. The highest BCUT2D eigenvalue weighted by Gasteiger charge is 2.49. The Labute approximate surface area is 172 Å². The summed E-state index contributed by atoms with van der Waals surface area (Å²) in [5.74, 6) is 7.92. The summed E-state index contributed by atoms with van der Waals surface area (Å²) in [4.78, 5) is 22.3. The zero-order valence-corrected chi connectivity index (χ0v) is 17.3. The van der Waals surface area contributed by atoms with Gasteiger partial charge in [-0.15, -0.1) is 11.8 Å². The maximum absolute atomic E-state index is 11.8. The molecule has 0 spiro atoms. The number of hydrogen-bond donors (Lipinski definition) is 1. The number of fused-ring (bicyclic) bond motifs is 1. The number of hydrogen-bond acceptors (Lipinski definition) is 7. The van der Waals surface area contributed by atoms with Crippen LogP contribution in [0, 0.1) is 29.6 Å². The summed E-state index contributed by atoms with van der Waals surface area (Å²) in [6, 6.07) is 0. The van der Waals surface area contributed by atoms with Crippen LogP contribution in [0.2, 0.25) is 0 Å². The first-order valence-electron chi connectivity index (χ1n) is 10.4. The molecule has 0 aromatic rings. The second-order valence-electron chi connectivity index (χ2n) is 7.12. The Kier molecular flexibility index (Phi) is 11.5. The Bertz CT molecular complexity index is 539. The van der Waals surface area contributed by atoms with Crippen molar-refractivity contribution in [2.45, 2.75) is 32.6 Å². The number of ether oxygens (including phenoxy) is 5. The molecule has 0 aromatic carbocycles. The minimum Gasteiger partial charge on any atom is -0.463 e. The maximum atomic E-state index is 11.8. The first-order valence-corrected chi connectivity index (χ1v) is 10.4. The molecule has 2 aliphatic rings.